The van der Waals surface area contributed by atoms with Crippen LogP contribution in [0.2, 0.25) is 0 Å². The van der Waals surface area contributed by atoms with Crippen molar-refractivity contribution >= 4 is 0 Å². The summed E-state index contributed by atoms with van der Waals surface area (Å²) in [7, 11) is 1.95. The number of rotatable bonds is 6. The lowest BCUT2D eigenvalue weighted by Gasteiger charge is -2.32. The molecule has 0 radical (unpaired) electrons. The zero-order valence-electron chi connectivity index (χ0n) is 13.1. The Bertz CT molecular complexity index is 600. The van der Waals surface area contributed by atoms with Crippen molar-refractivity contribution in [2.75, 3.05) is 13.2 Å². The topological polar surface area (TPSA) is 64.1 Å². The second-order valence-corrected chi connectivity index (χ2v) is 5.74. The number of nitrogens with zero attached hydrogens (tertiary/aromatic N) is 2. The number of hydrogen-bond donors (Lipinski definition) is 2. The van der Waals surface area contributed by atoms with Crippen molar-refractivity contribution in [3.05, 3.63) is 52.8 Å². The van der Waals surface area contributed by atoms with Crippen LogP contribution in [0.5, 0.6) is 0 Å². The minimum atomic E-state index is -0.454. The lowest BCUT2D eigenvalue weighted by Crippen LogP contribution is -2.42. The first-order valence-electron chi connectivity index (χ1n) is 7.45. The minimum Gasteiger partial charge on any atom is -0.395 e. The maximum Gasteiger partial charge on any atom is 0.0624 e. The highest BCUT2D eigenvalue weighted by molar-refractivity contribution is 5.36. The maximum atomic E-state index is 10.1. The summed E-state index contributed by atoms with van der Waals surface area (Å²) in [6.07, 6.45) is 1.60. The summed E-state index contributed by atoms with van der Waals surface area (Å²) in [6, 6.07) is 10.3. The summed E-state index contributed by atoms with van der Waals surface area (Å²) < 4.78 is 1.90. The Balaban J connectivity index is 2.43. The molecule has 0 fully saturated rings. The van der Waals surface area contributed by atoms with E-state index in [9.17, 15) is 5.11 Å². The summed E-state index contributed by atoms with van der Waals surface area (Å²) in [5.41, 5.74) is 10.1. The molecule has 0 aliphatic rings. The molecule has 0 aliphatic carbocycles. The van der Waals surface area contributed by atoms with E-state index in [-0.39, 0.29) is 6.61 Å². The average Bonchev–Trinajstić information content (AvgIpc) is 2.86. The second kappa shape index (κ2) is 6.41. The maximum absolute atomic E-state index is 10.1. The van der Waals surface area contributed by atoms with Gasteiger partial charge in [-0.2, -0.15) is 5.10 Å². The van der Waals surface area contributed by atoms with E-state index in [2.05, 4.69) is 37.1 Å². The summed E-state index contributed by atoms with van der Waals surface area (Å²) >= 11 is 0. The van der Waals surface area contributed by atoms with Crippen molar-refractivity contribution in [3.8, 4) is 0 Å². The Morgan fingerprint density at radius 2 is 2.05 bits per heavy atom. The molecular formula is C17H25N3O. The van der Waals surface area contributed by atoms with Crippen molar-refractivity contribution < 1.29 is 5.11 Å². The van der Waals surface area contributed by atoms with E-state index in [1.807, 2.05) is 23.9 Å². The summed E-state index contributed by atoms with van der Waals surface area (Å²) in [4.78, 5) is 0. The largest absolute Gasteiger partial charge is 0.395 e. The zero-order chi connectivity index (χ0) is 15.5. The molecule has 1 aromatic carbocycles. The number of aliphatic hydroxyl groups excluding tert-OH is 1. The second-order valence-electron chi connectivity index (χ2n) is 5.74. The molecule has 0 amide bonds. The third kappa shape index (κ3) is 3.01. The van der Waals surface area contributed by atoms with Crippen molar-refractivity contribution in [2.45, 2.75) is 32.1 Å². The van der Waals surface area contributed by atoms with Crippen molar-refractivity contribution in [2.24, 2.45) is 12.8 Å². The zero-order valence-corrected chi connectivity index (χ0v) is 13.1. The van der Waals surface area contributed by atoms with E-state index in [1.54, 1.807) is 0 Å². The van der Waals surface area contributed by atoms with Gasteiger partial charge in [0.2, 0.25) is 0 Å². The highest BCUT2D eigenvalue weighted by Crippen LogP contribution is 2.30. The van der Waals surface area contributed by atoms with Gasteiger partial charge in [0, 0.05) is 31.1 Å². The Hall–Kier alpha value is -1.65. The smallest absolute Gasteiger partial charge is 0.0624 e. The number of benzene rings is 1. The standard InChI is InChI=1S/C17H25N3O/c1-4-14-9-15(20(3)19-14)10-17(11-18,12-21)16-8-6-5-7-13(16)2/h5-9,21H,4,10-12,18H2,1-3H3. The fourth-order valence-electron chi connectivity index (χ4n) is 2.91. The van der Waals surface area contributed by atoms with E-state index in [1.165, 1.54) is 0 Å². The summed E-state index contributed by atoms with van der Waals surface area (Å²) in [6.45, 7) is 4.59. The van der Waals surface area contributed by atoms with Crippen LogP contribution in [0.25, 0.3) is 0 Å². The first-order valence-corrected chi connectivity index (χ1v) is 7.45. The van der Waals surface area contributed by atoms with Gasteiger partial charge < -0.3 is 10.8 Å². The molecular weight excluding hydrogens is 262 g/mol. The van der Waals surface area contributed by atoms with Gasteiger partial charge in [-0.05, 0) is 30.5 Å². The molecule has 2 aromatic rings. The van der Waals surface area contributed by atoms with Gasteiger partial charge in [0.1, 0.15) is 0 Å². The Kier molecular flexibility index (Phi) is 4.80. The predicted molar refractivity (Wildman–Crippen MR) is 85.3 cm³/mol. The van der Waals surface area contributed by atoms with E-state index in [0.717, 1.165) is 28.9 Å². The highest BCUT2D eigenvalue weighted by atomic mass is 16.3. The Labute approximate surface area is 126 Å². The minimum absolute atomic E-state index is 0.0288. The van der Waals surface area contributed by atoms with Crippen molar-refractivity contribution in [1.82, 2.24) is 9.78 Å². The molecule has 0 saturated heterocycles. The van der Waals surface area contributed by atoms with Crippen LogP contribution in [0, 0.1) is 6.92 Å². The molecule has 3 N–H and O–H groups in total. The van der Waals surface area contributed by atoms with Crippen LogP contribution in [0.3, 0.4) is 0 Å². The molecule has 1 aromatic heterocycles. The number of aryl methyl sites for hydroxylation is 3. The van der Waals surface area contributed by atoms with Gasteiger partial charge in [0.05, 0.1) is 12.3 Å². The highest BCUT2D eigenvalue weighted by Gasteiger charge is 2.33. The molecule has 4 heteroatoms. The molecule has 0 bridgehead atoms. The van der Waals surface area contributed by atoms with Gasteiger partial charge >= 0.3 is 0 Å². The van der Waals surface area contributed by atoms with Crippen LogP contribution in [0.15, 0.2) is 30.3 Å². The lowest BCUT2D eigenvalue weighted by molar-refractivity contribution is 0.193. The van der Waals surface area contributed by atoms with Crippen LogP contribution in [-0.2, 0) is 25.3 Å². The van der Waals surface area contributed by atoms with Crippen LogP contribution < -0.4 is 5.73 Å². The molecule has 2 rings (SSSR count). The first kappa shape index (κ1) is 15.7. The van der Waals surface area contributed by atoms with E-state index >= 15 is 0 Å². The SMILES string of the molecule is CCc1cc(CC(CN)(CO)c2ccccc2C)n(C)n1. The van der Waals surface area contributed by atoms with Gasteiger partial charge in [-0.1, -0.05) is 31.2 Å². The molecule has 1 atom stereocenters. The summed E-state index contributed by atoms with van der Waals surface area (Å²) in [5.74, 6) is 0. The quantitative estimate of drug-likeness (QED) is 0.850. The van der Waals surface area contributed by atoms with Crippen LogP contribution in [0.1, 0.15) is 29.4 Å². The lowest BCUT2D eigenvalue weighted by atomic mass is 9.75. The monoisotopic (exact) mass is 287 g/mol. The molecule has 1 heterocycles. The fraction of sp³-hybridized carbons (Fsp3) is 0.471. The molecule has 4 nitrogen and oxygen atoms in total. The molecule has 114 valence electrons. The molecule has 0 spiro atoms. The Morgan fingerprint density at radius 1 is 1.33 bits per heavy atom. The van der Waals surface area contributed by atoms with Crippen LogP contribution in [0.4, 0.5) is 0 Å². The van der Waals surface area contributed by atoms with E-state index in [0.29, 0.717) is 13.0 Å². The number of hydrogen-bond acceptors (Lipinski definition) is 3. The fourth-order valence-corrected chi connectivity index (χ4v) is 2.91. The van der Waals surface area contributed by atoms with Gasteiger partial charge in [-0.15, -0.1) is 0 Å². The number of nitrogens with two attached hydrogens (primary N) is 1. The third-order valence-electron chi connectivity index (χ3n) is 4.32. The Morgan fingerprint density at radius 3 is 2.57 bits per heavy atom. The number of aromatic nitrogens is 2. The van der Waals surface area contributed by atoms with Crippen LogP contribution >= 0.6 is 0 Å². The van der Waals surface area contributed by atoms with Gasteiger partial charge in [0.25, 0.3) is 0 Å². The van der Waals surface area contributed by atoms with Gasteiger partial charge in [-0.25, -0.2) is 0 Å². The third-order valence-corrected chi connectivity index (χ3v) is 4.32. The van der Waals surface area contributed by atoms with E-state index < -0.39 is 5.41 Å². The summed E-state index contributed by atoms with van der Waals surface area (Å²) in [5, 5.41) is 14.6. The number of aliphatic hydroxyl groups is 1. The van der Waals surface area contributed by atoms with Gasteiger partial charge in [0.15, 0.2) is 0 Å². The van der Waals surface area contributed by atoms with Crippen molar-refractivity contribution in [1.29, 1.82) is 0 Å². The van der Waals surface area contributed by atoms with Crippen molar-refractivity contribution in [3.63, 3.8) is 0 Å². The van der Waals surface area contributed by atoms with Gasteiger partial charge in [-0.3, -0.25) is 4.68 Å². The normalized spacial score (nSPS) is 14.1. The van der Waals surface area contributed by atoms with Crippen LogP contribution in [-0.4, -0.2) is 28.0 Å². The molecule has 0 saturated carbocycles. The predicted octanol–water partition coefficient (Wildman–Crippen LogP) is 1.72. The molecule has 1 unspecified atom stereocenters. The molecule has 0 aliphatic heterocycles. The molecule has 21 heavy (non-hydrogen) atoms. The first-order chi connectivity index (χ1) is 10.1. The van der Waals surface area contributed by atoms with E-state index in [4.69, 9.17) is 5.73 Å². The average molecular weight is 287 g/mol.